The van der Waals surface area contributed by atoms with Gasteiger partial charge >= 0.3 is 0 Å². The summed E-state index contributed by atoms with van der Waals surface area (Å²) in [6, 6.07) is 21.1. The van der Waals surface area contributed by atoms with Crippen LogP contribution in [0, 0.1) is 6.92 Å². The number of aryl methyl sites for hydroxylation is 1. The van der Waals surface area contributed by atoms with E-state index in [4.69, 9.17) is 11.6 Å². The average molecular weight is 542 g/mol. The van der Waals surface area contributed by atoms with Crippen LogP contribution < -0.4 is 9.62 Å². The van der Waals surface area contributed by atoms with Gasteiger partial charge in [-0.2, -0.15) is 0 Å². The van der Waals surface area contributed by atoms with E-state index < -0.39 is 28.5 Å². The molecular formula is C28H32ClN3O4S. The number of nitrogens with one attached hydrogen (secondary N) is 1. The zero-order valence-corrected chi connectivity index (χ0v) is 23.0. The molecule has 1 atom stereocenters. The summed E-state index contributed by atoms with van der Waals surface area (Å²) in [6.45, 7) is 6.83. The van der Waals surface area contributed by atoms with Crippen LogP contribution in [-0.4, -0.2) is 43.8 Å². The van der Waals surface area contributed by atoms with E-state index in [1.54, 1.807) is 25.1 Å². The van der Waals surface area contributed by atoms with Crippen molar-refractivity contribution >= 4 is 39.1 Å². The highest BCUT2D eigenvalue weighted by molar-refractivity contribution is 7.92. The molecule has 7 nitrogen and oxygen atoms in total. The van der Waals surface area contributed by atoms with Gasteiger partial charge in [0.25, 0.3) is 10.0 Å². The number of benzene rings is 3. The third-order valence-electron chi connectivity index (χ3n) is 5.76. The molecular weight excluding hydrogens is 510 g/mol. The van der Waals surface area contributed by atoms with E-state index in [0.29, 0.717) is 10.7 Å². The number of carbonyl (C=O) groups is 2. The molecule has 1 N–H and O–H groups in total. The van der Waals surface area contributed by atoms with Gasteiger partial charge in [-0.1, -0.05) is 54.1 Å². The number of rotatable bonds is 10. The molecule has 0 saturated heterocycles. The van der Waals surface area contributed by atoms with Crippen LogP contribution in [0.5, 0.6) is 0 Å². The van der Waals surface area contributed by atoms with Crippen molar-refractivity contribution in [3.05, 3.63) is 95.0 Å². The lowest BCUT2D eigenvalue weighted by molar-refractivity contribution is -0.139. The minimum absolute atomic E-state index is 0.00594. The number of hydrogen-bond donors (Lipinski definition) is 1. The summed E-state index contributed by atoms with van der Waals surface area (Å²) in [6.07, 6.45) is 0. The van der Waals surface area contributed by atoms with Crippen molar-refractivity contribution in [3.63, 3.8) is 0 Å². The zero-order valence-electron chi connectivity index (χ0n) is 21.4. The number of nitrogens with zero attached hydrogens (tertiary/aromatic N) is 2. The largest absolute Gasteiger partial charge is 0.352 e. The van der Waals surface area contributed by atoms with E-state index in [1.165, 1.54) is 29.2 Å². The van der Waals surface area contributed by atoms with Crippen molar-refractivity contribution in [3.8, 4) is 0 Å². The van der Waals surface area contributed by atoms with Gasteiger partial charge in [-0.3, -0.25) is 13.9 Å². The Bertz CT molecular complexity index is 1330. The molecule has 0 heterocycles. The number of hydrogen-bond acceptors (Lipinski definition) is 4. The fraction of sp³-hybridized carbons (Fsp3) is 0.286. The Kier molecular flexibility index (Phi) is 9.34. The molecule has 0 unspecified atom stereocenters. The predicted molar refractivity (Wildman–Crippen MR) is 147 cm³/mol. The highest BCUT2D eigenvalue weighted by Crippen LogP contribution is 2.26. The molecule has 2 amide bonds. The lowest BCUT2D eigenvalue weighted by atomic mass is 10.1. The zero-order chi connectivity index (χ0) is 27.2. The van der Waals surface area contributed by atoms with E-state index in [0.717, 1.165) is 15.4 Å². The van der Waals surface area contributed by atoms with Crippen molar-refractivity contribution in [1.29, 1.82) is 0 Å². The first-order valence-corrected chi connectivity index (χ1v) is 13.8. The molecule has 0 bridgehead atoms. The topological polar surface area (TPSA) is 86.8 Å². The van der Waals surface area contributed by atoms with Crippen LogP contribution in [0.4, 0.5) is 5.69 Å². The molecule has 3 aromatic rings. The first-order valence-electron chi connectivity index (χ1n) is 12.0. The summed E-state index contributed by atoms with van der Waals surface area (Å²) in [5.74, 6) is -0.823. The van der Waals surface area contributed by atoms with Gasteiger partial charge in [0.2, 0.25) is 11.8 Å². The van der Waals surface area contributed by atoms with E-state index in [1.807, 2.05) is 57.2 Å². The van der Waals surface area contributed by atoms with E-state index in [-0.39, 0.29) is 23.4 Å². The summed E-state index contributed by atoms with van der Waals surface area (Å²) < 4.78 is 28.6. The van der Waals surface area contributed by atoms with Crippen LogP contribution in [0.3, 0.4) is 0 Å². The van der Waals surface area contributed by atoms with E-state index in [9.17, 15) is 18.0 Å². The van der Waals surface area contributed by atoms with Crippen LogP contribution in [0.15, 0.2) is 83.8 Å². The molecule has 0 aliphatic carbocycles. The van der Waals surface area contributed by atoms with Crippen LogP contribution in [0.25, 0.3) is 0 Å². The van der Waals surface area contributed by atoms with Crippen molar-refractivity contribution < 1.29 is 18.0 Å². The number of amides is 2. The minimum Gasteiger partial charge on any atom is -0.352 e. The molecule has 0 fully saturated rings. The lowest BCUT2D eigenvalue weighted by Gasteiger charge is -2.32. The summed E-state index contributed by atoms with van der Waals surface area (Å²) in [4.78, 5) is 28.1. The van der Waals surface area contributed by atoms with Gasteiger partial charge in [0, 0.05) is 17.6 Å². The molecule has 196 valence electrons. The van der Waals surface area contributed by atoms with Crippen LogP contribution >= 0.6 is 11.6 Å². The first-order chi connectivity index (χ1) is 17.5. The fourth-order valence-electron chi connectivity index (χ4n) is 3.81. The van der Waals surface area contributed by atoms with Crippen molar-refractivity contribution in [2.75, 3.05) is 10.8 Å². The van der Waals surface area contributed by atoms with E-state index in [2.05, 4.69) is 5.32 Å². The minimum atomic E-state index is -4.13. The van der Waals surface area contributed by atoms with Crippen LogP contribution in [0.1, 0.15) is 31.9 Å². The third kappa shape index (κ3) is 7.33. The van der Waals surface area contributed by atoms with Gasteiger partial charge in [-0.25, -0.2) is 8.42 Å². The smallest absolute Gasteiger partial charge is 0.264 e. The number of sulfonamides is 1. The third-order valence-corrected chi connectivity index (χ3v) is 7.80. The maximum atomic E-state index is 13.8. The lowest BCUT2D eigenvalue weighted by Crippen LogP contribution is -2.52. The molecule has 0 radical (unpaired) electrons. The molecule has 0 saturated carbocycles. The summed E-state index contributed by atoms with van der Waals surface area (Å²) in [7, 11) is -4.13. The van der Waals surface area contributed by atoms with Crippen molar-refractivity contribution in [2.45, 2.75) is 51.2 Å². The molecule has 3 rings (SSSR count). The maximum absolute atomic E-state index is 13.8. The SMILES string of the molecule is Cc1cccc(N(CC(=O)N(Cc2ccccc2)[C@@H](C)C(=O)NC(C)C)S(=O)(=O)c2ccc(Cl)cc2)c1. The Hall–Kier alpha value is -3.36. The van der Waals surface area contributed by atoms with Crippen LogP contribution in [0.2, 0.25) is 5.02 Å². The van der Waals surface area contributed by atoms with Gasteiger partial charge in [-0.05, 0) is 75.2 Å². The van der Waals surface area contributed by atoms with Gasteiger partial charge in [0.05, 0.1) is 10.6 Å². The molecule has 37 heavy (non-hydrogen) atoms. The second-order valence-corrected chi connectivity index (χ2v) is 11.4. The van der Waals surface area contributed by atoms with E-state index >= 15 is 0 Å². The monoisotopic (exact) mass is 541 g/mol. The normalized spacial score (nSPS) is 12.2. The highest BCUT2D eigenvalue weighted by Gasteiger charge is 2.32. The first kappa shape index (κ1) is 28.2. The fourth-order valence-corrected chi connectivity index (χ4v) is 5.35. The van der Waals surface area contributed by atoms with Gasteiger partial charge in [0.15, 0.2) is 0 Å². The highest BCUT2D eigenvalue weighted by atomic mass is 35.5. The number of halogens is 1. The molecule has 9 heteroatoms. The Morgan fingerprint density at radius 2 is 1.57 bits per heavy atom. The molecule has 0 aliphatic rings. The second kappa shape index (κ2) is 12.3. The quantitative estimate of drug-likeness (QED) is 0.400. The molecule has 0 aromatic heterocycles. The van der Waals surface area contributed by atoms with Gasteiger partial charge in [0.1, 0.15) is 12.6 Å². The Morgan fingerprint density at radius 3 is 2.16 bits per heavy atom. The molecule has 3 aromatic carbocycles. The average Bonchev–Trinajstić information content (AvgIpc) is 2.85. The Morgan fingerprint density at radius 1 is 0.919 bits per heavy atom. The molecule has 0 spiro atoms. The van der Waals surface area contributed by atoms with Crippen LogP contribution in [-0.2, 0) is 26.2 Å². The number of carbonyl (C=O) groups excluding carboxylic acids is 2. The predicted octanol–water partition coefficient (Wildman–Crippen LogP) is 4.79. The molecule has 0 aliphatic heterocycles. The second-order valence-electron chi connectivity index (χ2n) is 9.15. The van der Waals surface area contributed by atoms with Gasteiger partial charge < -0.3 is 10.2 Å². The van der Waals surface area contributed by atoms with Crippen molar-refractivity contribution in [2.24, 2.45) is 0 Å². The van der Waals surface area contributed by atoms with Gasteiger partial charge in [-0.15, -0.1) is 0 Å². The van der Waals surface area contributed by atoms with Crippen molar-refractivity contribution in [1.82, 2.24) is 10.2 Å². The standard InChI is InChI=1S/C28H32ClN3O4S/c1-20(2)30-28(34)22(4)31(18-23-10-6-5-7-11-23)27(33)19-32(25-12-8-9-21(3)17-25)37(35,36)26-15-13-24(29)14-16-26/h5-17,20,22H,18-19H2,1-4H3,(H,30,34)/t22-/m0/s1. The summed E-state index contributed by atoms with van der Waals surface area (Å²) in [5, 5.41) is 3.24. The summed E-state index contributed by atoms with van der Waals surface area (Å²) in [5.41, 5.74) is 2.01. The Balaban J connectivity index is 2.02. The maximum Gasteiger partial charge on any atom is 0.264 e. The Labute approximate surface area is 224 Å². The number of anilines is 1. The summed E-state index contributed by atoms with van der Waals surface area (Å²) >= 11 is 5.98.